The van der Waals surface area contributed by atoms with Crippen molar-refractivity contribution in [3.05, 3.63) is 53.7 Å². The van der Waals surface area contributed by atoms with Crippen molar-refractivity contribution in [2.75, 3.05) is 0 Å². The van der Waals surface area contributed by atoms with Gasteiger partial charge in [-0.25, -0.2) is 4.99 Å². The summed E-state index contributed by atoms with van der Waals surface area (Å²) in [5, 5.41) is 16.1. The van der Waals surface area contributed by atoms with E-state index in [1.165, 1.54) is 17.7 Å². The fraction of sp³-hybridized carbons (Fsp3) is 0.222. The van der Waals surface area contributed by atoms with Crippen LogP contribution in [0.25, 0.3) is 10.9 Å². The Morgan fingerprint density at radius 2 is 1.96 bits per heavy atom. The predicted molar refractivity (Wildman–Crippen MR) is 96.7 cm³/mol. The van der Waals surface area contributed by atoms with E-state index in [1.54, 1.807) is 6.92 Å². The van der Waals surface area contributed by atoms with Crippen molar-refractivity contribution in [2.45, 2.75) is 26.7 Å². The molecule has 0 atom stereocenters. The Balaban J connectivity index is 2.17. The third kappa shape index (κ3) is 4.85. The van der Waals surface area contributed by atoms with E-state index in [9.17, 15) is 0 Å². The molecule has 4 N–H and O–H groups in total. The normalized spacial score (nSPS) is 12.0. The molecule has 1 heterocycles. The highest BCUT2D eigenvalue weighted by molar-refractivity contribution is 6.04. The lowest BCUT2D eigenvalue weighted by Crippen LogP contribution is -2.16. The molecule has 0 unspecified atom stereocenters. The fourth-order valence-electron chi connectivity index (χ4n) is 2.17. The van der Waals surface area contributed by atoms with E-state index in [2.05, 4.69) is 29.0 Å². The van der Waals surface area contributed by atoms with Gasteiger partial charge in [-0.05, 0) is 54.8 Å². The Morgan fingerprint density at radius 1 is 1.22 bits per heavy atom. The van der Waals surface area contributed by atoms with Gasteiger partial charge < -0.3 is 11.1 Å². The first-order valence-electron chi connectivity index (χ1n) is 7.50. The number of pyridine rings is 1. The lowest BCUT2D eigenvalue weighted by Gasteiger charge is -2.05. The van der Waals surface area contributed by atoms with Crippen molar-refractivity contribution in [1.82, 2.24) is 4.98 Å². The molecule has 23 heavy (non-hydrogen) atoms. The minimum Gasteiger partial charge on any atom is -0.387 e. The molecular formula is C18H21N5. The number of aromatic nitrogens is 1. The van der Waals surface area contributed by atoms with Crippen LogP contribution in [-0.2, 0) is 12.8 Å². The summed E-state index contributed by atoms with van der Waals surface area (Å²) in [6.45, 7) is 3.75. The van der Waals surface area contributed by atoms with Crippen LogP contribution >= 0.6 is 0 Å². The van der Waals surface area contributed by atoms with Gasteiger partial charge in [-0.15, -0.1) is 0 Å². The molecule has 0 aliphatic carbocycles. The Hall–Kier alpha value is -2.82. The van der Waals surface area contributed by atoms with Crippen LogP contribution in [0.1, 0.15) is 25.0 Å². The van der Waals surface area contributed by atoms with Gasteiger partial charge in [0.05, 0.1) is 5.52 Å². The smallest absolute Gasteiger partial charge is 0.146 e. The second-order valence-corrected chi connectivity index (χ2v) is 5.41. The number of nitrogens with one attached hydrogen (secondary N) is 2. The van der Waals surface area contributed by atoms with Gasteiger partial charge in [-0.1, -0.05) is 13.0 Å². The first kappa shape index (κ1) is 16.5. The largest absolute Gasteiger partial charge is 0.387 e. The van der Waals surface area contributed by atoms with E-state index >= 15 is 0 Å². The summed E-state index contributed by atoms with van der Waals surface area (Å²) < 4.78 is 0. The van der Waals surface area contributed by atoms with Crippen LogP contribution in [0.5, 0.6) is 0 Å². The van der Waals surface area contributed by atoms with Crippen LogP contribution in [0.4, 0.5) is 0 Å². The van der Waals surface area contributed by atoms with E-state index in [1.807, 2.05) is 18.3 Å². The molecule has 0 saturated carbocycles. The molecule has 0 amide bonds. The number of fused-ring (bicyclic) bond motifs is 1. The number of allylic oxidation sites excluding steroid dienone is 1. The molecule has 2 aromatic rings. The topological polar surface area (TPSA) is 99.0 Å². The molecule has 1 aromatic carbocycles. The number of nitrogens with two attached hydrogens (primary N) is 1. The van der Waals surface area contributed by atoms with Crippen LogP contribution in [0.3, 0.4) is 0 Å². The number of amidine groups is 2. The van der Waals surface area contributed by atoms with Crippen LogP contribution < -0.4 is 5.73 Å². The molecular weight excluding hydrogens is 286 g/mol. The monoisotopic (exact) mass is 307 g/mol. The molecule has 0 saturated heterocycles. The average Bonchev–Trinajstić information content (AvgIpc) is 2.52. The number of aliphatic imine (C=N–C) groups is 1. The number of rotatable bonds is 5. The minimum absolute atomic E-state index is 0.0461. The SMILES string of the molecule is CCc1cnc2ccc(CC(N)=NC(=N)/C=C\C(C)=N)cc2c1. The van der Waals surface area contributed by atoms with Gasteiger partial charge >= 0.3 is 0 Å². The summed E-state index contributed by atoms with van der Waals surface area (Å²) in [6, 6.07) is 8.15. The fourth-order valence-corrected chi connectivity index (χ4v) is 2.17. The van der Waals surface area contributed by atoms with E-state index in [0.29, 0.717) is 18.0 Å². The van der Waals surface area contributed by atoms with Crippen LogP contribution in [0.2, 0.25) is 0 Å². The summed E-state index contributed by atoms with van der Waals surface area (Å²) in [5.41, 5.74) is 9.48. The first-order chi connectivity index (χ1) is 11.0. The zero-order chi connectivity index (χ0) is 16.8. The summed E-state index contributed by atoms with van der Waals surface area (Å²) >= 11 is 0. The molecule has 0 spiro atoms. The van der Waals surface area contributed by atoms with Crippen LogP contribution in [-0.4, -0.2) is 22.4 Å². The zero-order valence-corrected chi connectivity index (χ0v) is 13.4. The maximum atomic E-state index is 7.70. The van der Waals surface area contributed by atoms with Crippen molar-refractivity contribution in [3.63, 3.8) is 0 Å². The van der Waals surface area contributed by atoms with Crippen molar-refractivity contribution >= 4 is 28.3 Å². The highest BCUT2D eigenvalue weighted by Crippen LogP contribution is 2.16. The van der Waals surface area contributed by atoms with E-state index in [-0.39, 0.29) is 5.84 Å². The Kier molecular flexibility index (Phi) is 5.36. The summed E-state index contributed by atoms with van der Waals surface area (Å²) in [4.78, 5) is 8.47. The Morgan fingerprint density at radius 3 is 2.65 bits per heavy atom. The second kappa shape index (κ2) is 7.45. The van der Waals surface area contributed by atoms with Gasteiger partial charge in [0.1, 0.15) is 11.7 Å². The molecule has 2 rings (SSSR count). The van der Waals surface area contributed by atoms with Gasteiger partial charge in [0.25, 0.3) is 0 Å². The van der Waals surface area contributed by atoms with Crippen LogP contribution in [0, 0.1) is 10.8 Å². The zero-order valence-electron chi connectivity index (χ0n) is 13.4. The maximum absolute atomic E-state index is 7.70. The number of hydrogen-bond donors (Lipinski definition) is 3. The molecule has 1 aromatic heterocycles. The first-order valence-corrected chi connectivity index (χ1v) is 7.50. The minimum atomic E-state index is 0.0461. The van der Waals surface area contributed by atoms with E-state index in [0.717, 1.165) is 22.9 Å². The van der Waals surface area contributed by atoms with Gasteiger partial charge in [0.15, 0.2) is 0 Å². The number of benzene rings is 1. The Bertz CT molecular complexity index is 802. The summed E-state index contributed by atoms with van der Waals surface area (Å²) in [6.07, 6.45) is 6.32. The van der Waals surface area contributed by atoms with Crippen molar-refractivity contribution in [1.29, 1.82) is 10.8 Å². The summed E-state index contributed by atoms with van der Waals surface area (Å²) in [7, 11) is 0. The van der Waals surface area contributed by atoms with Gasteiger partial charge in [-0.3, -0.25) is 10.4 Å². The third-order valence-electron chi connectivity index (χ3n) is 3.35. The average molecular weight is 307 g/mol. The standard InChI is InChI=1S/C18H21N5/c1-3-13-8-15-9-14(5-6-16(15)22-11-13)10-18(21)23-17(20)7-4-12(2)19/h4-9,11,19H,3,10H2,1-2H3,(H3,20,21,23)/b7-4-,19-12?. The van der Waals surface area contributed by atoms with Gasteiger partial charge in [0, 0.05) is 23.7 Å². The van der Waals surface area contributed by atoms with Gasteiger partial charge in [0.2, 0.25) is 0 Å². The number of nitrogens with zero attached hydrogens (tertiary/aromatic N) is 2. The number of aryl methyl sites for hydroxylation is 1. The number of hydrogen-bond acceptors (Lipinski definition) is 3. The molecule has 5 nitrogen and oxygen atoms in total. The lowest BCUT2D eigenvalue weighted by atomic mass is 10.1. The quantitative estimate of drug-likeness (QED) is 0.583. The van der Waals surface area contributed by atoms with Gasteiger partial charge in [-0.2, -0.15) is 0 Å². The predicted octanol–water partition coefficient (Wildman–Crippen LogP) is 3.27. The van der Waals surface area contributed by atoms with Crippen molar-refractivity contribution in [2.24, 2.45) is 10.7 Å². The lowest BCUT2D eigenvalue weighted by molar-refractivity contribution is 1.12. The van der Waals surface area contributed by atoms with Crippen molar-refractivity contribution < 1.29 is 0 Å². The molecule has 5 heteroatoms. The molecule has 0 aliphatic rings. The molecule has 0 aliphatic heterocycles. The van der Waals surface area contributed by atoms with Crippen LogP contribution in [0.15, 0.2) is 47.6 Å². The second-order valence-electron chi connectivity index (χ2n) is 5.41. The molecule has 118 valence electrons. The molecule has 0 radical (unpaired) electrons. The Labute approximate surface area is 136 Å². The third-order valence-corrected chi connectivity index (χ3v) is 3.35. The van der Waals surface area contributed by atoms with E-state index < -0.39 is 0 Å². The highest BCUT2D eigenvalue weighted by Gasteiger charge is 2.02. The molecule has 0 bridgehead atoms. The summed E-state index contributed by atoms with van der Waals surface area (Å²) in [5.74, 6) is 0.422. The maximum Gasteiger partial charge on any atom is 0.146 e. The van der Waals surface area contributed by atoms with Crippen molar-refractivity contribution in [3.8, 4) is 0 Å². The molecule has 0 fully saturated rings. The van der Waals surface area contributed by atoms with E-state index in [4.69, 9.17) is 16.6 Å². The highest BCUT2D eigenvalue weighted by atomic mass is 14.9.